The smallest absolute Gasteiger partial charge is 0.277 e. The van der Waals surface area contributed by atoms with E-state index in [-0.39, 0.29) is 0 Å². The lowest BCUT2D eigenvalue weighted by Gasteiger charge is -1.99. The van der Waals surface area contributed by atoms with Crippen molar-refractivity contribution in [3.8, 4) is 11.5 Å². The number of thioether (sulfide) groups is 1. The first kappa shape index (κ1) is 14.4. The summed E-state index contributed by atoms with van der Waals surface area (Å²) < 4.78 is 6.69. The fourth-order valence-corrected chi connectivity index (χ4v) is 3.06. The van der Waals surface area contributed by atoms with Crippen LogP contribution in [-0.2, 0) is 5.75 Å². The third-order valence-electron chi connectivity index (χ3n) is 2.92. The van der Waals surface area contributed by atoms with Gasteiger partial charge in [0.25, 0.3) is 5.22 Å². The first-order valence-electron chi connectivity index (χ1n) is 6.48. The Morgan fingerprint density at radius 1 is 1.10 bits per heavy atom. The molecule has 0 bridgehead atoms. The number of benzene rings is 2. The van der Waals surface area contributed by atoms with Crippen molar-refractivity contribution in [1.29, 1.82) is 0 Å². The Balaban J connectivity index is 1.71. The van der Waals surface area contributed by atoms with Crippen molar-refractivity contribution < 1.29 is 4.42 Å². The molecule has 0 spiro atoms. The molecule has 0 aliphatic heterocycles. The normalized spacial score (nSPS) is 10.8. The van der Waals surface area contributed by atoms with Gasteiger partial charge >= 0.3 is 0 Å². The molecule has 106 valence electrons. The summed E-state index contributed by atoms with van der Waals surface area (Å²) in [5, 5.41) is 8.78. The Morgan fingerprint density at radius 2 is 1.95 bits per heavy atom. The zero-order valence-corrected chi connectivity index (χ0v) is 13.8. The molecule has 5 heteroatoms. The molecule has 0 aliphatic carbocycles. The number of hydrogen-bond donors (Lipinski definition) is 0. The summed E-state index contributed by atoms with van der Waals surface area (Å²) >= 11 is 4.99. The molecule has 0 unspecified atom stereocenters. The maximum atomic E-state index is 5.70. The highest BCUT2D eigenvalue weighted by Gasteiger charge is 2.09. The van der Waals surface area contributed by atoms with Crippen LogP contribution in [0.1, 0.15) is 11.1 Å². The molecule has 0 atom stereocenters. The van der Waals surface area contributed by atoms with Crippen molar-refractivity contribution in [3.63, 3.8) is 0 Å². The average Bonchev–Trinajstić information content (AvgIpc) is 2.94. The van der Waals surface area contributed by atoms with Crippen LogP contribution in [-0.4, -0.2) is 10.2 Å². The standard InChI is InChI=1S/C16H13BrN2OS/c1-11-4-2-5-12(8-11)10-21-16-19-18-15(20-16)13-6-3-7-14(17)9-13/h2-9H,10H2,1H3. The summed E-state index contributed by atoms with van der Waals surface area (Å²) in [6, 6.07) is 16.2. The van der Waals surface area contributed by atoms with Crippen molar-refractivity contribution in [3.05, 3.63) is 64.1 Å². The SMILES string of the molecule is Cc1cccc(CSc2nnc(-c3cccc(Br)c3)o2)c1. The highest BCUT2D eigenvalue weighted by molar-refractivity contribution is 9.10. The predicted octanol–water partition coefficient (Wildman–Crippen LogP) is 5.10. The molecule has 0 N–H and O–H groups in total. The molecule has 1 heterocycles. The van der Waals surface area contributed by atoms with Crippen LogP contribution >= 0.6 is 27.7 Å². The average molecular weight is 361 g/mol. The maximum Gasteiger partial charge on any atom is 0.277 e. The van der Waals surface area contributed by atoms with Gasteiger partial charge in [0.1, 0.15) is 0 Å². The zero-order chi connectivity index (χ0) is 14.7. The molecule has 0 saturated carbocycles. The van der Waals surface area contributed by atoms with Crippen LogP contribution in [0, 0.1) is 6.92 Å². The monoisotopic (exact) mass is 360 g/mol. The van der Waals surface area contributed by atoms with Crippen LogP contribution in [0.3, 0.4) is 0 Å². The fraction of sp³-hybridized carbons (Fsp3) is 0.125. The predicted molar refractivity (Wildman–Crippen MR) is 88.2 cm³/mol. The zero-order valence-electron chi connectivity index (χ0n) is 11.4. The Bertz CT molecular complexity index is 757. The van der Waals surface area contributed by atoms with Crippen LogP contribution in [0.5, 0.6) is 0 Å². The molecule has 3 aromatic rings. The minimum Gasteiger partial charge on any atom is -0.411 e. The Morgan fingerprint density at radius 3 is 2.76 bits per heavy atom. The van der Waals surface area contributed by atoms with Gasteiger partial charge in [0.05, 0.1) is 0 Å². The van der Waals surface area contributed by atoms with E-state index >= 15 is 0 Å². The van der Waals surface area contributed by atoms with Crippen LogP contribution in [0.25, 0.3) is 11.5 Å². The molecule has 3 rings (SSSR count). The Kier molecular flexibility index (Phi) is 4.41. The van der Waals surface area contributed by atoms with Crippen molar-refractivity contribution in [2.45, 2.75) is 17.9 Å². The lowest BCUT2D eigenvalue weighted by Crippen LogP contribution is -1.81. The fourth-order valence-electron chi connectivity index (χ4n) is 1.95. The molecule has 0 saturated heterocycles. The molecule has 2 aromatic carbocycles. The number of nitrogens with zero attached hydrogens (tertiary/aromatic N) is 2. The van der Waals surface area contributed by atoms with Crippen molar-refractivity contribution in [2.24, 2.45) is 0 Å². The van der Waals surface area contributed by atoms with Gasteiger partial charge < -0.3 is 4.42 Å². The first-order valence-corrected chi connectivity index (χ1v) is 8.26. The van der Waals surface area contributed by atoms with E-state index in [1.807, 2.05) is 24.3 Å². The van der Waals surface area contributed by atoms with Crippen molar-refractivity contribution in [2.75, 3.05) is 0 Å². The van der Waals surface area contributed by atoms with E-state index in [1.54, 1.807) is 11.8 Å². The van der Waals surface area contributed by atoms with Crippen molar-refractivity contribution >= 4 is 27.7 Å². The molecule has 1 aromatic heterocycles. The number of aryl methyl sites for hydroxylation is 1. The number of hydrogen-bond acceptors (Lipinski definition) is 4. The molecular formula is C16H13BrN2OS. The maximum absolute atomic E-state index is 5.70. The third kappa shape index (κ3) is 3.74. The highest BCUT2D eigenvalue weighted by Crippen LogP contribution is 2.27. The molecule has 0 fully saturated rings. The van der Waals surface area contributed by atoms with Gasteiger partial charge in [-0.15, -0.1) is 10.2 Å². The van der Waals surface area contributed by atoms with Gasteiger partial charge in [-0.05, 0) is 30.7 Å². The minimum absolute atomic E-state index is 0.544. The first-order chi connectivity index (χ1) is 10.2. The molecular weight excluding hydrogens is 348 g/mol. The molecule has 0 aliphatic rings. The Hall–Kier alpha value is -1.59. The second kappa shape index (κ2) is 6.45. The quantitative estimate of drug-likeness (QED) is 0.606. The van der Waals surface area contributed by atoms with E-state index in [4.69, 9.17) is 4.42 Å². The summed E-state index contributed by atoms with van der Waals surface area (Å²) in [4.78, 5) is 0. The van der Waals surface area contributed by atoms with E-state index in [2.05, 4.69) is 57.3 Å². The number of rotatable bonds is 4. The van der Waals surface area contributed by atoms with Crippen LogP contribution < -0.4 is 0 Å². The van der Waals surface area contributed by atoms with E-state index in [0.29, 0.717) is 11.1 Å². The largest absolute Gasteiger partial charge is 0.411 e. The van der Waals surface area contributed by atoms with Gasteiger partial charge in [-0.1, -0.05) is 63.6 Å². The molecule has 0 radical (unpaired) electrons. The third-order valence-corrected chi connectivity index (χ3v) is 4.31. The van der Waals surface area contributed by atoms with Gasteiger partial charge in [0.15, 0.2) is 0 Å². The van der Waals surface area contributed by atoms with Gasteiger partial charge in [0, 0.05) is 15.8 Å². The van der Waals surface area contributed by atoms with E-state index in [9.17, 15) is 0 Å². The lowest BCUT2D eigenvalue weighted by molar-refractivity contribution is 0.466. The summed E-state index contributed by atoms with van der Waals surface area (Å²) in [6.45, 7) is 2.09. The summed E-state index contributed by atoms with van der Waals surface area (Å²) in [5.74, 6) is 1.37. The van der Waals surface area contributed by atoms with E-state index in [0.717, 1.165) is 15.8 Å². The van der Waals surface area contributed by atoms with Crippen LogP contribution in [0.2, 0.25) is 0 Å². The Labute approximate surface area is 135 Å². The van der Waals surface area contributed by atoms with Gasteiger partial charge in [-0.2, -0.15) is 0 Å². The van der Waals surface area contributed by atoms with Crippen LogP contribution in [0.15, 0.2) is 62.6 Å². The van der Waals surface area contributed by atoms with Gasteiger partial charge in [-0.3, -0.25) is 0 Å². The second-order valence-corrected chi connectivity index (χ2v) is 6.50. The van der Waals surface area contributed by atoms with Crippen LogP contribution in [0.4, 0.5) is 0 Å². The topological polar surface area (TPSA) is 38.9 Å². The van der Waals surface area contributed by atoms with Gasteiger partial charge in [0.2, 0.25) is 5.89 Å². The highest BCUT2D eigenvalue weighted by atomic mass is 79.9. The van der Waals surface area contributed by atoms with Gasteiger partial charge in [-0.25, -0.2) is 0 Å². The van der Waals surface area contributed by atoms with E-state index in [1.165, 1.54) is 11.1 Å². The summed E-state index contributed by atoms with van der Waals surface area (Å²) in [6.07, 6.45) is 0. The van der Waals surface area contributed by atoms with E-state index < -0.39 is 0 Å². The minimum atomic E-state index is 0.544. The lowest BCUT2D eigenvalue weighted by atomic mass is 10.2. The summed E-state index contributed by atoms with van der Waals surface area (Å²) in [5.41, 5.74) is 3.43. The number of halogens is 1. The molecule has 21 heavy (non-hydrogen) atoms. The summed E-state index contributed by atoms with van der Waals surface area (Å²) in [7, 11) is 0. The molecule has 0 amide bonds. The molecule has 3 nitrogen and oxygen atoms in total. The second-order valence-electron chi connectivity index (χ2n) is 4.66. The number of aromatic nitrogens is 2. The van der Waals surface area contributed by atoms with Crippen molar-refractivity contribution in [1.82, 2.24) is 10.2 Å².